The smallest absolute Gasteiger partial charge is 0.311 e. The molecule has 28 atom stereocenters. The summed E-state index contributed by atoms with van der Waals surface area (Å²) in [5, 5.41) is 69.3. The molecule has 24 nitrogen and oxygen atoms in total. The van der Waals surface area contributed by atoms with Crippen LogP contribution in [0.5, 0.6) is 0 Å². The summed E-state index contributed by atoms with van der Waals surface area (Å²) >= 11 is 0. The molecule has 636 valence electrons. The van der Waals surface area contributed by atoms with Crippen LogP contribution in [-0.2, 0) is 120 Å². The lowest BCUT2D eigenvalue weighted by Crippen LogP contribution is -2.69. The van der Waals surface area contributed by atoms with Crippen molar-refractivity contribution in [1.82, 2.24) is 4.90 Å². The molecule has 6 aromatic carbocycles. The zero-order chi connectivity index (χ0) is 82.8. The van der Waals surface area contributed by atoms with Crippen LogP contribution in [0.4, 0.5) is 0 Å². The molecule has 24 heteroatoms. The Labute approximate surface area is 685 Å². The van der Waals surface area contributed by atoms with Crippen molar-refractivity contribution in [3.05, 3.63) is 215 Å². The number of benzene rings is 6. The van der Waals surface area contributed by atoms with E-state index in [4.69, 9.17) is 81.0 Å². The lowest BCUT2D eigenvalue weighted by Gasteiger charge is -2.53. The predicted molar refractivity (Wildman–Crippen MR) is 434 cm³/mol. The summed E-state index contributed by atoms with van der Waals surface area (Å²) in [6, 6.07) is 58.5. The number of likely N-dealkylation sites (N-methyl/N-ethyl adjacent to an activating group) is 1. The Hall–Kier alpha value is -6.54. The van der Waals surface area contributed by atoms with Gasteiger partial charge in [0, 0.05) is 50.4 Å². The summed E-state index contributed by atoms with van der Waals surface area (Å²) in [5.41, 5.74) is 0.0721. The molecule has 5 saturated heterocycles. The van der Waals surface area contributed by atoms with Gasteiger partial charge in [0.2, 0.25) is 0 Å². The van der Waals surface area contributed by atoms with E-state index in [0.717, 1.165) is 33.4 Å². The maximum Gasteiger partial charge on any atom is 0.311 e. The third-order valence-electron chi connectivity index (χ3n) is 24.1. The number of ether oxygens (including phenoxy) is 15. The van der Waals surface area contributed by atoms with Crippen LogP contribution in [0.3, 0.4) is 0 Å². The zero-order valence-corrected chi connectivity index (χ0v) is 69.8. The lowest BCUT2D eigenvalue weighted by atomic mass is 9.73. The zero-order valence-electron chi connectivity index (χ0n) is 69.8. The Morgan fingerprint density at radius 1 is 0.517 bits per heavy atom. The average Bonchev–Trinajstić information content (AvgIpc) is 0.748. The standard InChI is InChI=1S/C92H126N2O22/c1-15-72-92(10,100)84(96)59(4)75(57(2)47-90(8,99)86(115-88-76(95)69(94(11)12)46-58(3)109-88)60(5)77(61(6)87(98)113-72)114-73-48-91(9,102-14)85(97)62(7)110-73)93-116-78-71(56-104-50-64-36-24-17-25-37-64)111-80(82(107-53-67-42-30-20-31-43-67)81(78)106-52-66-40-28-19-29-41-66)74-70(55-103-49-63-34-22-16-23-35-63)112-89(101-13)83(108-54-68-44-32-21-33-45-68)79(74)105-51-65-38-26-18-27-39-65/h16-45,57-62,69-74,76-86,88-89,95-97,99-100H,15,46-56H2,1-14H3/b93-75+/t57-,58-,59+,60+,61-,62+,69+,70-,71-,72+,73+,74+,76-,77+,78+,79+,80-,81+,82+,83-,84-,85+,86-,88+,89-,90-,91-,92-/m1/s1. The van der Waals surface area contributed by atoms with Crippen LogP contribution in [0.2, 0.25) is 0 Å². The second-order valence-corrected chi connectivity index (χ2v) is 33.2. The Balaban J connectivity index is 1.08. The number of methoxy groups -OCH3 is 2. The van der Waals surface area contributed by atoms with Gasteiger partial charge in [0.15, 0.2) is 25.0 Å². The summed E-state index contributed by atoms with van der Waals surface area (Å²) in [7, 11) is 6.81. The van der Waals surface area contributed by atoms with E-state index in [1.54, 1.807) is 55.6 Å². The first kappa shape index (κ1) is 90.2. The van der Waals surface area contributed by atoms with E-state index in [0.29, 0.717) is 6.42 Å². The van der Waals surface area contributed by atoms with E-state index in [9.17, 15) is 25.5 Å². The highest BCUT2D eigenvalue weighted by atomic mass is 16.7. The van der Waals surface area contributed by atoms with E-state index in [1.165, 1.54) is 14.0 Å². The number of esters is 1. The van der Waals surface area contributed by atoms with Crippen molar-refractivity contribution in [2.75, 3.05) is 41.5 Å². The molecule has 0 bridgehead atoms. The first-order valence-corrected chi connectivity index (χ1v) is 41.2. The second-order valence-electron chi connectivity index (χ2n) is 33.2. The van der Waals surface area contributed by atoms with E-state index in [1.807, 2.05) is 215 Å². The Morgan fingerprint density at radius 2 is 0.991 bits per heavy atom. The van der Waals surface area contributed by atoms with Crippen LogP contribution in [0.15, 0.2) is 187 Å². The minimum absolute atomic E-state index is 0.0117. The largest absolute Gasteiger partial charge is 0.459 e. The fraction of sp³-hybridized carbons (Fsp3) is 0.587. The van der Waals surface area contributed by atoms with Gasteiger partial charge in [-0.1, -0.05) is 215 Å². The minimum Gasteiger partial charge on any atom is -0.459 e. The summed E-state index contributed by atoms with van der Waals surface area (Å²) in [6.45, 7) is 17.7. The summed E-state index contributed by atoms with van der Waals surface area (Å²) < 4.78 is 104. The van der Waals surface area contributed by atoms with Gasteiger partial charge in [0.05, 0.1) is 125 Å². The number of carbonyl (C=O) groups is 1. The number of hydrogen-bond acceptors (Lipinski definition) is 24. The predicted octanol–water partition coefficient (Wildman–Crippen LogP) is 11.5. The maximum atomic E-state index is 15.3. The normalized spacial score (nSPS) is 36.7. The molecule has 5 heterocycles. The van der Waals surface area contributed by atoms with E-state index in [2.05, 4.69) is 0 Å². The van der Waals surface area contributed by atoms with Crippen molar-refractivity contribution in [1.29, 1.82) is 0 Å². The number of rotatable bonds is 31. The fourth-order valence-corrected chi connectivity index (χ4v) is 17.5. The Morgan fingerprint density at radius 3 is 1.47 bits per heavy atom. The lowest BCUT2D eigenvalue weighted by molar-refractivity contribution is -0.343. The minimum atomic E-state index is -2.20. The summed E-state index contributed by atoms with van der Waals surface area (Å²) in [4.78, 5) is 24.6. The van der Waals surface area contributed by atoms with Gasteiger partial charge in [-0.15, -0.1) is 0 Å². The number of carbonyl (C=O) groups excluding carboxylic acids is 1. The number of nitrogens with zero attached hydrogens (tertiary/aromatic N) is 2. The third-order valence-corrected chi connectivity index (χ3v) is 24.1. The molecule has 5 aliphatic heterocycles. The SMILES string of the molecule is CC[C@@H]1OC(=O)[C@H](C)[C@@H](O[C@H]2C[C@@](C)(OC)[C@@H](O)[C@H](C)O2)[C@H](C)[C@@H](O[C@@H]2O[C@H](C)C[C@H](N(C)C)[C@H]2O)[C@](C)(O)C[C@@H](C)/C(=N\O[C@@H]2[C@H](OCc3ccccc3)[C@@H](OCc3ccccc3)[C@@H]([C@@H]3[C@H](OCc4ccccc4)[C@@H](OCc4ccccc4)[C@H](OC)O[C@@H]3COCc3ccccc3)O[C@@H]2COCc2ccccc2)[C@H](C)[C@@H](O)[C@]1(C)O. The molecule has 0 aliphatic carbocycles. The third kappa shape index (κ3) is 22.7. The molecule has 0 amide bonds. The number of aliphatic hydroxyl groups excluding tert-OH is 3. The van der Waals surface area contributed by atoms with Crippen molar-refractivity contribution in [2.45, 2.75) is 274 Å². The molecule has 5 fully saturated rings. The van der Waals surface area contributed by atoms with Crippen LogP contribution in [-0.4, -0.2) is 223 Å². The van der Waals surface area contributed by atoms with Gasteiger partial charge in [-0.2, -0.15) is 0 Å². The van der Waals surface area contributed by atoms with Crippen LogP contribution in [0, 0.1) is 29.6 Å². The molecule has 116 heavy (non-hydrogen) atoms. The second kappa shape index (κ2) is 42.1. The van der Waals surface area contributed by atoms with Crippen LogP contribution >= 0.6 is 0 Å². The van der Waals surface area contributed by atoms with Gasteiger partial charge >= 0.3 is 5.97 Å². The van der Waals surface area contributed by atoms with Crippen LogP contribution < -0.4 is 0 Å². The van der Waals surface area contributed by atoms with Crippen molar-refractivity contribution in [3.8, 4) is 0 Å². The molecule has 0 spiro atoms. The van der Waals surface area contributed by atoms with Gasteiger partial charge in [-0.25, -0.2) is 0 Å². The molecule has 0 saturated carbocycles. The van der Waals surface area contributed by atoms with Crippen LogP contribution in [0.1, 0.15) is 128 Å². The first-order chi connectivity index (χ1) is 55.7. The molecule has 6 aromatic rings. The van der Waals surface area contributed by atoms with Crippen molar-refractivity contribution < 1.29 is 106 Å². The van der Waals surface area contributed by atoms with Crippen LogP contribution in [0.25, 0.3) is 0 Å². The highest BCUT2D eigenvalue weighted by Crippen LogP contribution is 2.46. The fourth-order valence-electron chi connectivity index (χ4n) is 17.5. The summed E-state index contributed by atoms with van der Waals surface area (Å²) in [5.74, 6) is -5.89. The number of oxime groups is 1. The van der Waals surface area contributed by atoms with Gasteiger partial charge in [-0.3, -0.25) is 4.79 Å². The van der Waals surface area contributed by atoms with E-state index in [-0.39, 0.29) is 77.8 Å². The highest BCUT2D eigenvalue weighted by molar-refractivity contribution is 5.89. The monoisotopic (exact) mass is 1610 g/mol. The molecule has 11 rings (SSSR count). The topological polar surface area (TPSA) is 281 Å². The average molecular weight is 1610 g/mol. The molecular weight excluding hydrogens is 1490 g/mol. The Bertz CT molecular complexity index is 3900. The molecule has 0 unspecified atom stereocenters. The number of aliphatic hydroxyl groups is 5. The van der Waals surface area contributed by atoms with E-state index >= 15 is 4.79 Å². The number of hydrogen-bond donors (Lipinski definition) is 5. The first-order valence-electron chi connectivity index (χ1n) is 41.2. The number of cyclic esters (lactones) is 1. The van der Waals surface area contributed by atoms with Gasteiger partial charge in [0.1, 0.15) is 48.3 Å². The van der Waals surface area contributed by atoms with Crippen molar-refractivity contribution >= 4 is 11.7 Å². The molecule has 5 aliphatic rings. The van der Waals surface area contributed by atoms with Crippen molar-refractivity contribution in [3.63, 3.8) is 0 Å². The quantitative estimate of drug-likeness (QED) is 0.0200. The summed E-state index contributed by atoms with van der Waals surface area (Å²) in [6.07, 6.45) is -20.7. The molecule has 5 N–H and O–H groups in total. The van der Waals surface area contributed by atoms with Gasteiger partial charge in [0.25, 0.3) is 0 Å². The van der Waals surface area contributed by atoms with Gasteiger partial charge < -0.3 is 106 Å². The molecule has 0 aromatic heterocycles. The van der Waals surface area contributed by atoms with Gasteiger partial charge in [-0.05, 0) is 108 Å². The highest BCUT2D eigenvalue weighted by Gasteiger charge is 2.60. The molecule has 0 radical (unpaired) electrons. The maximum absolute atomic E-state index is 15.3. The van der Waals surface area contributed by atoms with Crippen molar-refractivity contribution in [2.24, 2.45) is 34.7 Å². The Kier molecular flexibility index (Phi) is 32.8. The molecular formula is C92H126N2O22. The van der Waals surface area contributed by atoms with E-state index < -0.39 is 175 Å².